The molecule has 1 aliphatic rings. The van der Waals surface area contributed by atoms with Gasteiger partial charge in [-0.2, -0.15) is 0 Å². The highest BCUT2D eigenvalue weighted by molar-refractivity contribution is 7.16. The predicted octanol–water partition coefficient (Wildman–Crippen LogP) is 4.10. The van der Waals surface area contributed by atoms with Gasteiger partial charge in [-0.25, -0.2) is 0 Å². The zero-order valence-corrected chi connectivity index (χ0v) is 12.8. The van der Waals surface area contributed by atoms with Gasteiger partial charge in [-0.1, -0.05) is 11.6 Å². The molecule has 5 heteroatoms. The summed E-state index contributed by atoms with van der Waals surface area (Å²) in [7, 11) is 0. The highest BCUT2D eigenvalue weighted by Crippen LogP contribution is 2.31. The number of halogens is 1. The molecule has 0 radical (unpaired) electrons. The van der Waals surface area contributed by atoms with Crippen molar-refractivity contribution in [1.82, 2.24) is 5.32 Å². The fraction of sp³-hybridized carbons (Fsp3) is 0.467. The van der Waals surface area contributed by atoms with Gasteiger partial charge in [0, 0.05) is 18.0 Å². The van der Waals surface area contributed by atoms with Crippen molar-refractivity contribution in [2.24, 2.45) is 5.92 Å². The van der Waals surface area contributed by atoms with Crippen molar-refractivity contribution in [3.63, 3.8) is 0 Å². The lowest BCUT2D eigenvalue weighted by Gasteiger charge is -2.24. The topological polar surface area (TPSA) is 34.4 Å². The van der Waals surface area contributed by atoms with E-state index < -0.39 is 0 Å². The lowest BCUT2D eigenvalue weighted by Crippen LogP contribution is -2.31. The highest BCUT2D eigenvalue weighted by Gasteiger charge is 2.21. The van der Waals surface area contributed by atoms with Crippen LogP contribution in [-0.4, -0.2) is 19.8 Å². The number of thiophene rings is 1. The molecular formula is C15H18ClNO2S. The zero-order chi connectivity index (χ0) is 13.8. The van der Waals surface area contributed by atoms with E-state index in [9.17, 15) is 0 Å². The van der Waals surface area contributed by atoms with E-state index in [0.29, 0.717) is 5.92 Å². The van der Waals surface area contributed by atoms with Crippen LogP contribution in [0.5, 0.6) is 0 Å². The quantitative estimate of drug-likeness (QED) is 0.902. The molecule has 3 rings (SSSR count). The first kappa shape index (κ1) is 14.1. The molecule has 0 aromatic carbocycles. The van der Waals surface area contributed by atoms with Gasteiger partial charge in [-0.05, 0) is 43.0 Å². The third kappa shape index (κ3) is 3.44. The smallest absolute Gasteiger partial charge is 0.126 e. The molecule has 2 atom stereocenters. The van der Waals surface area contributed by atoms with Crippen LogP contribution in [0.25, 0.3) is 0 Å². The summed E-state index contributed by atoms with van der Waals surface area (Å²) in [5.41, 5.74) is 0. The Morgan fingerprint density at radius 2 is 2.35 bits per heavy atom. The van der Waals surface area contributed by atoms with E-state index in [2.05, 4.69) is 11.4 Å². The Morgan fingerprint density at radius 3 is 3.00 bits per heavy atom. The third-order valence-corrected chi connectivity index (χ3v) is 4.87. The van der Waals surface area contributed by atoms with Crippen molar-refractivity contribution in [2.45, 2.75) is 18.9 Å². The van der Waals surface area contributed by atoms with Crippen molar-refractivity contribution in [2.75, 3.05) is 19.8 Å². The highest BCUT2D eigenvalue weighted by atomic mass is 35.5. The van der Waals surface area contributed by atoms with Crippen molar-refractivity contribution in [3.8, 4) is 0 Å². The number of furan rings is 1. The minimum absolute atomic E-state index is 0.0735. The number of ether oxygens (including phenoxy) is 1. The van der Waals surface area contributed by atoms with E-state index in [1.165, 1.54) is 11.3 Å². The van der Waals surface area contributed by atoms with Crippen LogP contribution in [-0.2, 0) is 4.74 Å². The molecule has 2 aromatic heterocycles. The maximum absolute atomic E-state index is 6.05. The third-order valence-electron chi connectivity index (χ3n) is 3.57. The molecule has 0 saturated carbocycles. The van der Waals surface area contributed by atoms with Crippen LogP contribution in [0.15, 0.2) is 34.9 Å². The number of rotatable bonds is 5. The van der Waals surface area contributed by atoms with Gasteiger partial charge in [-0.15, -0.1) is 11.3 Å². The minimum Gasteiger partial charge on any atom is -0.467 e. The summed E-state index contributed by atoms with van der Waals surface area (Å²) in [6.07, 6.45) is 4.09. The molecule has 0 bridgehead atoms. The summed E-state index contributed by atoms with van der Waals surface area (Å²) in [4.78, 5) is 1.18. The Balaban J connectivity index is 1.69. The number of nitrogens with one attached hydrogen (secondary N) is 1. The standard InChI is InChI=1S/C15H18ClNO2S/c16-14-6-5-13(20-14)15(12-4-2-8-19-12)17-9-11-3-1-7-18-10-11/h2,4-6,8,11,15,17H,1,3,7,9-10H2. The van der Waals surface area contributed by atoms with E-state index in [1.54, 1.807) is 17.6 Å². The maximum Gasteiger partial charge on any atom is 0.126 e. The molecule has 1 N–H and O–H groups in total. The molecule has 1 saturated heterocycles. The maximum atomic E-state index is 6.05. The van der Waals surface area contributed by atoms with Crippen LogP contribution in [0, 0.1) is 5.92 Å². The molecule has 3 nitrogen and oxygen atoms in total. The molecule has 108 valence electrons. The lowest BCUT2D eigenvalue weighted by molar-refractivity contribution is 0.0540. The molecular weight excluding hydrogens is 294 g/mol. The Labute approximate surface area is 127 Å². The monoisotopic (exact) mass is 311 g/mol. The van der Waals surface area contributed by atoms with Gasteiger partial charge < -0.3 is 14.5 Å². The van der Waals surface area contributed by atoms with E-state index in [1.807, 2.05) is 18.2 Å². The summed E-state index contributed by atoms with van der Waals surface area (Å²) < 4.78 is 11.9. The molecule has 1 aliphatic heterocycles. The normalized spacial score (nSPS) is 20.9. The van der Waals surface area contributed by atoms with Crippen LogP contribution in [0.2, 0.25) is 4.34 Å². The van der Waals surface area contributed by atoms with E-state index in [0.717, 1.165) is 36.3 Å². The second-order valence-corrected chi connectivity index (χ2v) is 6.83. The van der Waals surface area contributed by atoms with Crippen LogP contribution in [0.4, 0.5) is 0 Å². The summed E-state index contributed by atoms with van der Waals surface area (Å²) in [6.45, 7) is 2.68. The predicted molar refractivity (Wildman–Crippen MR) is 81.4 cm³/mol. The molecule has 0 amide bonds. The van der Waals surface area contributed by atoms with Gasteiger partial charge in [0.05, 0.1) is 17.2 Å². The van der Waals surface area contributed by atoms with Gasteiger partial charge >= 0.3 is 0 Å². The first-order valence-corrected chi connectivity index (χ1v) is 8.12. The molecule has 3 heterocycles. The number of hydrogen-bond donors (Lipinski definition) is 1. The van der Waals surface area contributed by atoms with Crippen molar-refractivity contribution < 1.29 is 9.15 Å². The Bertz CT molecular complexity index is 520. The first-order chi connectivity index (χ1) is 9.83. The lowest BCUT2D eigenvalue weighted by atomic mass is 10.0. The van der Waals surface area contributed by atoms with Gasteiger partial charge in [0.2, 0.25) is 0 Å². The summed E-state index contributed by atoms with van der Waals surface area (Å²) >= 11 is 7.65. The molecule has 2 aromatic rings. The molecule has 0 aliphatic carbocycles. The van der Waals surface area contributed by atoms with E-state index in [-0.39, 0.29) is 6.04 Å². The summed E-state index contributed by atoms with van der Waals surface area (Å²) in [6, 6.07) is 7.99. The van der Waals surface area contributed by atoms with Gasteiger partial charge in [0.15, 0.2) is 0 Å². The largest absolute Gasteiger partial charge is 0.467 e. The molecule has 0 spiro atoms. The summed E-state index contributed by atoms with van der Waals surface area (Å²) in [5, 5.41) is 3.60. The van der Waals surface area contributed by atoms with Crippen molar-refractivity contribution >= 4 is 22.9 Å². The average molecular weight is 312 g/mol. The second-order valence-electron chi connectivity index (χ2n) is 5.08. The molecule has 1 fully saturated rings. The Morgan fingerprint density at radius 1 is 1.40 bits per heavy atom. The fourth-order valence-corrected chi connectivity index (χ4v) is 3.68. The molecule has 20 heavy (non-hydrogen) atoms. The second kappa shape index (κ2) is 6.76. The van der Waals surface area contributed by atoms with Gasteiger partial charge in [0.1, 0.15) is 11.8 Å². The van der Waals surface area contributed by atoms with E-state index in [4.69, 9.17) is 20.8 Å². The average Bonchev–Trinajstić information content (AvgIpc) is 3.13. The Kier molecular flexibility index (Phi) is 4.78. The molecule has 2 unspecified atom stereocenters. The van der Waals surface area contributed by atoms with Gasteiger partial charge in [0.25, 0.3) is 0 Å². The van der Waals surface area contributed by atoms with E-state index >= 15 is 0 Å². The first-order valence-electron chi connectivity index (χ1n) is 6.92. The minimum atomic E-state index is 0.0735. The zero-order valence-electron chi connectivity index (χ0n) is 11.2. The SMILES string of the molecule is Clc1ccc(C(NCC2CCCOC2)c2ccco2)s1. The van der Waals surface area contributed by atoms with Gasteiger partial charge in [-0.3, -0.25) is 0 Å². The number of hydrogen-bond acceptors (Lipinski definition) is 4. The van der Waals surface area contributed by atoms with Crippen LogP contribution in [0.1, 0.15) is 29.5 Å². The van der Waals surface area contributed by atoms with Crippen LogP contribution in [0.3, 0.4) is 0 Å². The Hall–Kier alpha value is -0.810. The van der Waals surface area contributed by atoms with Crippen molar-refractivity contribution in [1.29, 1.82) is 0 Å². The van der Waals surface area contributed by atoms with Crippen LogP contribution >= 0.6 is 22.9 Å². The van der Waals surface area contributed by atoms with Crippen molar-refractivity contribution in [3.05, 3.63) is 45.5 Å². The summed E-state index contributed by atoms with van der Waals surface area (Å²) in [5.74, 6) is 1.51. The van der Waals surface area contributed by atoms with Crippen LogP contribution < -0.4 is 5.32 Å². The fourth-order valence-electron chi connectivity index (χ4n) is 2.53.